The number of morpholine rings is 1. The Bertz CT molecular complexity index is 1130. The Morgan fingerprint density at radius 2 is 1.91 bits per heavy atom. The molecule has 9 heteroatoms. The van der Waals surface area contributed by atoms with Gasteiger partial charge in [0.25, 0.3) is 5.91 Å². The number of fused-ring (bicyclic) bond motifs is 1. The molecule has 2 aliphatic rings. The van der Waals surface area contributed by atoms with E-state index in [1.165, 1.54) is 25.5 Å². The monoisotopic (exact) mass is 469 g/mol. The van der Waals surface area contributed by atoms with Crippen molar-refractivity contribution in [2.75, 3.05) is 31.2 Å². The molecule has 1 aliphatic carbocycles. The Balaban J connectivity index is 1.48. The van der Waals surface area contributed by atoms with Gasteiger partial charge >= 0.3 is 0 Å². The van der Waals surface area contributed by atoms with E-state index in [1.54, 1.807) is 13.0 Å². The molecule has 1 saturated carbocycles. The van der Waals surface area contributed by atoms with Crippen molar-refractivity contribution in [3.63, 3.8) is 0 Å². The minimum Gasteiger partial charge on any atom is -0.378 e. The molecule has 2 aromatic heterocycles. The number of carbonyl (C=O) groups excluding carboxylic acids is 1. The number of aryl methyl sites for hydroxylation is 1. The van der Waals surface area contributed by atoms with Crippen molar-refractivity contribution in [3.8, 4) is 0 Å². The number of H-pyrrole nitrogens is 1. The predicted molar refractivity (Wildman–Crippen MR) is 126 cm³/mol. The molecule has 3 heterocycles. The van der Waals surface area contributed by atoms with Crippen LogP contribution in [0.5, 0.6) is 0 Å². The third-order valence-electron chi connectivity index (χ3n) is 7.12. The lowest BCUT2D eigenvalue weighted by Gasteiger charge is -2.28. The first kappa shape index (κ1) is 22.8. The number of nitrogens with zero attached hydrogens (tertiary/aromatic N) is 3. The number of hydrogen-bond acceptors (Lipinski definition) is 6. The molecule has 5 rings (SSSR count). The summed E-state index contributed by atoms with van der Waals surface area (Å²) in [6.07, 6.45) is 9.21. The fourth-order valence-electron chi connectivity index (χ4n) is 5.19. The van der Waals surface area contributed by atoms with Crippen molar-refractivity contribution < 1.29 is 18.4 Å². The molecule has 1 atom stereocenters. The van der Waals surface area contributed by atoms with Gasteiger partial charge in [0.15, 0.2) is 5.82 Å². The molecular weight excluding hydrogens is 437 g/mol. The van der Waals surface area contributed by atoms with Crippen LogP contribution in [0.15, 0.2) is 22.9 Å². The zero-order valence-corrected chi connectivity index (χ0v) is 19.6. The van der Waals surface area contributed by atoms with Gasteiger partial charge in [-0.25, -0.2) is 9.37 Å². The maximum absolute atomic E-state index is 15.1. The van der Waals surface area contributed by atoms with Gasteiger partial charge in [0.05, 0.1) is 30.5 Å². The smallest absolute Gasteiger partial charge is 0.257 e. The normalized spacial score (nSPS) is 19.1. The summed E-state index contributed by atoms with van der Waals surface area (Å²) in [5.41, 5.74) is 2.71. The molecule has 1 amide bonds. The van der Waals surface area contributed by atoms with Gasteiger partial charge < -0.3 is 24.5 Å². The molecule has 1 aliphatic heterocycles. The van der Waals surface area contributed by atoms with Crippen LogP contribution in [0, 0.1) is 18.7 Å². The number of aromatic amines is 1. The first-order valence-corrected chi connectivity index (χ1v) is 12.3. The van der Waals surface area contributed by atoms with Gasteiger partial charge in [-0.15, -0.1) is 0 Å². The van der Waals surface area contributed by atoms with E-state index < -0.39 is 0 Å². The predicted octanol–water partition coefficient (Wildman–Crippen LogP) is 4.67. The molecule has 0 bridgehead atoms. The van der Waals surface area contributed by atoms with Gasteiger partial charge in [0.1, 0.15) is 23.2 Å². The second kappa shape index (κ2) is 10.1. The molecule has 2 N–H and O–H groups in total. The first-order valence-electron chi connectivity index (χ1n) is 12.3. The number of anilines is 1. The van der Waals surface area contributed by atoms with Gasteiger partial charge in [0, 0.05) is 18.8 Å². The summed E-state index contributed by atoms with van der Waals surface area (Å²) >= 11 is 0. The molecular formula is C25H32FN5O3. The maximum Gasteiger partial charge on any atom is 0.257 e. The SMILES string of the molecule is Cc1nocc1C(=O)NC(c1nc2c(F)cc(N3CCOCC3)cc2[nH]1)C1CCCCCCC1. The lowest BCUT2D eigenvalue weighted by Crippen LogP contribution is -2.36. The number of benzene rings is 1. The minimum absolute atomic E-state index is 0.215. The number of carbonyl (C=O) groups is 1. The lowest BCUT2D eigenvalue weighted by atomic mass is 9.85. The molecule has 1 aromatic carbocycles. The van der Waals surface area contributed by atoms with E-state index in [9.17, 15) is 4.79 Å². The number of rotatable bonds is 5. The minimum atomic E-state index is -0.362. The van der Waals surface area contributed by atoms with Crippen LogP contribution in [-0.4, -0.2) is 47.3 Å². The largest absolute Gasteiger partial charge is 0.378 e. The quantitative estimate of drug-likeness (QED) is 0.564. The number of amides is 1. The van der Waals surface area contributed by atoms with E-state index in [1.807, 2.05) is 6.07 Å². The Labute approximate surface area is 198 Å². The van der Waals surface area contributed by atoms with E-state index in [4.69, 9.17) is 9.26 Å². The van der Waals surface area contributed by atoms with Crippen molar-refractivity contribution in [2.45, 2.75) is 57.9 Å². The van der Waals surface area contributed by atoms with Crippen molar-refractivity contribution in [1.29, 1.82) is 0 Å². The summed E-state index contributed by atoms with van der Waals surface area (Å²) in [5.74, 6) is 0.202. The van der Waals surface area contributed by atoms with Crippen LogP contribution in [0.4, 0.5) is 10.1 Å². The zero-order chi connectivity index (χ0) is 23.5. The lowest BCUT2D eigenvalue weighted by molar-refractivity contribution is 0.0911. The van der Waals surface area contributed by atoms with Gasteiger partial charge in [-0.3, -0.25) is 4.79 Å². The fraction of sp³-hybridized carbons (Fsp3) is 0.560. The highest BCUT2D eigenvalue weighted by Crippen LogP contribution is 2.34. The number of imidazole rings is 1. The Morgan fingerprint density at radius 3 is 2.62 bits per heavy atom. The zero-order valence-electron chi connectivity index (χ0n) is 19.6. The highest BCUT2D eigenvalue weighted by atomic mass is 19.1. The Morgan fingerprint density at radius 1 is 1.18 bits per heavy atom. The van der Waals surface area contributed by atoms with Crippen molar-refractivity contribution in [1.82, 2.24) is 20.4 Å². The van der Waals surface area contributed by atoms with Crippen molar-refractivity contribution >= 4 is 22.6 Å². The summed E-state index contributed by atoms with van der Waals surface area (Å²) in [4.78, 5) is 23.2. The third kappa shape index (κ3) is 4.80. The molecule has 3 aromatic rings. The number of nitrogens with one attached hydrogen (secondary N) is 2. The molecule has 0 radical (unpaired) electrons. The molecule has 0 spiro atoms. The van der Waals surface area contributed by atoms with Gasteiger partial charge in [0.2, 0.25) is 0 Å². The number of halogens is 1. The van der Waals surface area contributed by atoms with Crippen LogP contribution in [0.3, 0.4) is 0 Å². The Kier molecular flexibility index (Phi) is 6.80. The van der Waals surface area contributed by atoms with E-state index in [0.29, 0.717) is 41.3 Å². The summed E-state index contributed by atoms with van der Waals surface area (Å²) in [5, 5.41) is 7.01. The summed E-state index contributed by atoms with van der Waals surface area (Å²) in [6.45, 7) is 4.46. The second-order valence-electron chi connectivity index (χ2n) is 9.42. The number of hydrogen-bond donors (Lipinski definition) is 2. The van der Waals surface area contributed by atoms with Crippen LogP contribution < -0.4 is 10.2 Å². The number of aromatic nitrogens is 3. The summed E-state index contributed by atoms with van der Waals surface area (Å²) in [6, 6.07) is 3.14. The number of ether oxygens (including phenoxy) is 1. The molecule has 1 unspecified atom stereocenters. The average molecular weight is 470 g/mol. The molecule has 1 saturated heterocycles. The van der Waals surface area contributed by atoms with E-state index in [2.05, 4.69) is 25.3 Å². The maximum atomic E-state index is 15.1. The topological polar surface area (TPSA) is 96.3 Å². The summed E-state index contributed by atoms with van der Waals surface area (Å²) < 4.78 is 25.5. The molecule has 2 fully saturated rings. The van der Waals surface area contributed by atoms with E-state index >= 15 is 4.39 Å². The summed E-state index contributed by atoms with van der Waals surface area (Å²) in [7, 11) is 0. The third-order valence-corrected chi connectivity index (χ3v) is 7.12. The second-order valence-corrected chi connectivity index (χ2v) is 9.42. The highest BCUT2D eigenvalue weighted by Gasteiger charge is 2.30. The standard InChI is InChI=1S/C25H32FN5O3/c1-16-19(15-34-30-16)25(32)29-22(17-7-5-3-2-4-6-8-17)24-27-21-14-18(13-20(26)23(21)28-24)31-9-11-33-12-10-31/h13-15,17,22H,2-12H2,1H3,(H,27,28)(H,29,32). The van der Waals surface area contributed by atoms with Crippen LogP contribution in [0.2, 0.25) is 0 Å². The fourth-order valence-corrected chi connectivity index (χ4v) is 5.19. The van der Waals surface area contributed by atoms with Crippen molar-refractivity contribution in [3.05, 3.63) is 41.3 Å². The van der Waals surface area contributed by atoms with Gasteiger partial charge in [-0.1, -0.05) is 37.3 Å². The highest BCUT2D eigenvalue weighted by molar-refractivity contribution is 5.95. The van der Waals surface area contributed by atoms with Crippen LogP contribution >= 0.6 is 0 Å². The first-order chi connectivity index (χ1) is 16.6. The van der Waals surface area contributed by atoms with Crippen LogP contribution in [0.1, 0.15) is 72.9 Å². The van der Waals surface area contributed by atoms with Gasteiger partial charge in [-0.05, 0) is 37.8 Å². The van der Waals surface area contributed by atoms with E-state index in [-0.39, 0.29) is 23.7 Å². The van der Waals surface area contributed by atoms with Crippen LogP contribution in [0.25, 0.3) is 11.0 Å². The van der Waals surface area contributed by atoms with Crippen LogP contribution in [-0.2, 0) is 4.74 Å². The molecule has 34 heavy (non-hydrogen) atoms. The Hall–Kier alpha value is -2.94. The van der Waals surface area contributed by atoms with E-state index in [0.717, 1.165) is 44.5 Å². The molecule has 8 nitrogen and oxygen atoms in total. The average Bonchev–Trinajstić information content (AvgIpc) is 3.45. The van der Waals surface area contributed by atoms with Gasteiger partial charge in [-0.2, -0.15) is 0 Å². The molecule has 182 valence electrons. The van der Waals surface area contributed by atoms with Crippen molar-refractivity contribution in [2.24, 2.45) is 5.92 Å².